The van der Waals surface area contributed by atoms with Crippen LogP contribution in [-0.4, -0.2) is 41.4 Å². The quantitative estimate of drug-likeness (QED) is 0.417. The second kappa shape index (κ2) is 10.2. The first-order valence-corrected chi connectivity index (χ1v) is 7.14. The monoisotopic (exact) mass is 203 g/mol. The van der Waals surface area contributed by atoms with E-state index in [2.05, 4.69) is 18.7 Å². The van der Waals surface area contributed by atoms with E-state index in [1.807, 2.05) is 7.11 Å². The van der Waals surface area contributed by atoms with Crippen molar-refractivity contribution in [1.29, 1.82) is 0 Å². The van der Waals surface area contributed by atoms with Gasteiger partial charge in [0.1, 0.15) is 0 Å². The van der Waals surface area contributed by atoms with Crippen molar-refractivity contribution in [3.8, 4) is 0 Å². The highest BCUT2D eigenvalue weighted by atomic mass is 28.2. The molecule has 0 unspecified atom stereocenters. The van der Waals surface area contributed by atoms with Crippen LogP contribution < -0.4 is 0 Å². The summed E-state index contributed by atoms with van der Waals surface area (Å²) in [6.07, 6.45) is 3.89. The topological polar surface area (TPSA) is 12.5 Å². The number of hydrogen-bond acceptors (Lipinski definition) is 2. The molecule has 0 saturated carbocycles. The van der Waals surface area contributed by atoms with Crippen LogP contribution in [-0.2, 0) is 4.43 Å². The fourth-order valence-electron chi connectivity index (χ4n) is 1.55. The van der Waals surface area contributed by atoms with Gasteiger partial charge in [0, 0.05) is 7.11 Å². The molecule has 0 spiro atoms. The smallest absolute Gasteiger partial charge is 0.161 e. The Morgan fingerprint density at radius 2 is 1.69 bits per heavy atom. The molecule has 0 saturated heterocycles. The molecule has 0 aromatic carbocycles. The van der Waals surface area contributed by atoms with Gasteiger partial charge in [-0.15, -0.1) is 0 Å². The molecule has 0 aromatic heterocycles. The first kappa shape index (κ1) is 13.1. The largest absolute Gasteiger partial charge is 0.427 e. The minimum Gasteiger partial charge on any atom is -0.427 e. The Balaban J connectivity index is 3.33. The molecule has 0 aromatic rings. The highest BCUT2D eigenvalue weighted by Crippen LogP contribution is 1.98. The molecule has 0 aliphatic rings. The first-order valence-electron chi connectivity index (χ1n) is 5.56. The molecule has 0 bridgehead atoms. The zero-order valence-corrected chi connectivity index (χ0v) is 10.9. The van der Waals surface area contributed by atoms with Crippen LogP contribution in [0.1, 0.15) is 33.1 Å². The Hall–Kier alpha value is 0.137. The molecule has 13 heavy (non-hydrogen) atoms. The summed E-state index contributed by atoms with van der Waals surface area (Å²) in [5.74, 6) is 0. The second-order valence-corrected chi connectivity index (χ2v) is 5.23. The van der Waals surface area contributed by atoms with Crippen molar-refractivity contribution >= 4 is 9.76 Å². The molecule has 0 fully saturated rings. The van der Waals surface area contributed by atoms with E-state index < -0.39 is 0 Å². The van der Waals surface area contributed by atoms with Gasteiger partial charge in [-0.1, -0.05) is 13.8 Å². The molecule has 2 nitrogen and oxygen atoms in total. The third-order valence-electron chi connectivity index (χ3n) is 2.15. The van der Waals surface area contributed by atoms with E-state index in [0.29, 0.717) is 0 Å². The van der Waals surface area contributed by atoms with Crippen molar-refractivity contribution in [3.63, 3.8) is 0 Å². The van der Waals surface area contributed by atoms with Gasteiger partial charge in [0.05, 0.1) is 0 Å². The maximum atomic E-state index is 5.16. The minimum atomic E-state index is -0.176. The van der Waals surface area contributed by atoms with Gasteiger partial charge in [0.25, 0.3) is 0 Å². The number of rotatable bonds is 9. The van der Waals surface area contributed by atoms with Crippen molar-refractivity contribution in [2.45, 2.75) is 39.2 Å². The molecule has 0 rings (SSSR count). The van der Waals surface area contributed by atoms with Gasteiger partial charge < -0.3 is 9.33 Å². The van der Waals surface area contributed by atoms with E-state index in [-0.39, 0.29) is 9.76 Å². The van der Waals surface area contributed by atoms with E-state index >= 15 is 0 Å². The van der Waals surface area contributed by atoms with Crippen LogP contribution in [0.3, 0.4) is 0 Å². The molecule has 0 aliphatic heterocycles. The summed E-state index contributed by atoms with van der Waals surface area (Å²) in [6.45, 7) is 8.32. The normalized spacial score (nSPS) is 12.0. The van der Waals surface area contributed by atoms with Gasteiger partial charge in [-0.2, -0.15) is 0 Å². The molecular formula is C10H25NOSi. The molecule has 80 valence electrons. The summed E-state index contributed by atoms with van der Waals surface area (Å²) in [5.41, 5.74) is 0. The summed E-state index contributed by atoms with van der Waals surface area (Å²) >= 11 is 0. The Morgan fingerprint density at radius 1 is 1.08 bits per heavy atom. The van der Waals surface area contributed by atoms with Crippen LogP contribution in [0.15, 0.2) is 0 Å². The van der Waals surface area contributed by atoms with Crippen LogP contribution in [0, 0.1) is 0 Å². The lowest BCUT2D eigenvalue weighted by Gasteiger charge is -2.20. The second-order valence-electron chi connectivity index (χ2n) is 3.54. The fourth-order valence-corrected chi connectivity index (χ4v) is 2.27. The summed E-state index contributed by atoms with van der Waals surface area (Å²) < 4.78 is 5.16. The molecule has 0 atom stereocenters. The lowest BCUT2D eigenvalue weighted by molar-refractivity contribution is 0.274. The van der Waals surface area contributed by atoms with Gasteiger partial charge in [-0.3, -0.25) is 0 Å². The summed E-state index contributed by atoms with van der Waals surface area (Å²) in [6, 6.07) is 1.33. The third-order valence-corrected chi connectivity index (χ3v) is 3.35. The van der Waals surface area contributed by atoms with E-state index in [0.717, 1.165) is 0 Å². The molecule has 0 radical (unpaired) electrons. The van der Waals surface area contributed by atoms with E-state index in [1.54, 1.807) is 0 Å². The molecule has 0 N–H and O–H groups in total. The predicted octanol–water partition coefficient (Wildman–Crippen LogP) is 1.65. The standard InChI is InChI=1S/C10H25NOSi/c1-4-7-11(8-5-2)9-6-10-13-12-3/h4-10,13H2,1-3H3. The maximum Gasteiger partial charge on any atom is 0.161 e. The molecule has 0 aliphatic carbocycles. The average molecular weight is 203 g/mol. The van der Waals surface area contributed by atoms with Crippen molar-refractivity contribution in [3.05, 3.63) is 0 Å². The van der Waals surface area contributed by atoms with Crippen LogP contribution in [0.2, 0.25) is 6.04 Å². The van der Waals surface area contributed by atoms with Crippen molar-refractivity contribution in [2.24, 2.45) is 0 Å². The van der Waals surface area contributed by atoms with Gasteiger partial charge in [-0.25, -0.2) is 0 Å². The maximum absolute atomic E-state index is 5.16. The summed E-state index contributed by atoms with van der Waals surface area (Å²) in [7, 11) is 1.66. The lowest BCUT2D eigenvalue weighted by Crippen LogP contribution is -2.26. The van der Waals surface area contributed by atoms with E-state index in [4.69, 9.17) is 4.43 Å². The average Bonchev–Trinajstić information content (AvgIpc) is 2.13. The Labute approximate surface area is 85.6 Å². The highest BCUT2D eigenvalue weighted by Gasteiger charge is 2.01. The van der Waals surface area contributed by atoms with Crippen molar-refractivity contribution in [2.75, 3.05) is 26.7 Å². The zero-order valence-electron chi connectivity index (χ0n) is 9.51. The number of nitrogens with zero attached hydrogens (tertiary/aromatic N) is 1. The molecule has 3 heteroatoms. The van der Waals surface area contributed by atoms with Crippen LogP contribution in [0.5, 0.6) is 0 Å². The Kier molecular flexibility index (Phi) is 10.3. The minimum absolute atomic E-state index is 0.176. The SMILES string of the molecule is CCCN(CCC)CCC[SiH2]OC. The molecule has 0 heterocycles. The lowest BCUT2D eigenvalue weighted by atomic mass is 10.3. The van der Waals surface area contributed by atoms with Crippen LogP contribution in [0.4, 0.5) is 0 Å². The van der Waals surface area contributed by atoms with E-state index in [9.17, 15) is 0 Å². The van der Waals surface area contributed by atoms with Gasteiger partial charge >= 0.3 is 0 Å². The van der Waals surface area contributed by atoms with Gasteiger partial charge in [0.2, 0.25) is 0 Å². The van der Waals surface area contributed by atoms with Gasteiger partial charge in [-0.05, 0) is 44.9 Å². The summed E-state index contributed by atoms with van der Waals surface area (Å²) in [4.78, 5) is 2.57. The Bertz CT molecular complexity index is 94.9. The molecule has 0 amide bonds. The first-order chi connectivity index (χ1) is 6.35. The molecular weight excluding hydrogens is 178 g/mol. The zero-order chi connectivity index (χ0) is 9.94. The van der Waals surface area contributed by atoms with E-state index in [1.165, 1.54) is 44.9 Å². The van der Waals surface area contributed by atoms with Gasteiger partial charge in [0.15, 0.2) is 9.76 Å². The van der Waals surface area contributed by atoms with Crippen molar-refractivity contribution < 1.29 is 4.43 Å². The third kappa shape index (κ3) is 8.47. The van der Waals surface area contributed by atoms with Crippen molar-refractivity contribution in [1.82, 2.24) is 4.90 Å². The number of hydrogen-bond donors (Lipinski definition) is 0. The predicted molar refractivity (Wildman–Crippen MR) is 62.0 cm³/mol. The van der Waals surface area contributed by atoms with Crippen LogP contribution >= 0.6 is 0 Å². The fraction of sp³-hybridized carbons (Fsp3) is 1.00. The van der Waals surface area contributed by atoms with Crippen LogP contribution in [0.25, 0.3) is 0 Å². The Morgan fingerprint density at radius 3 is 2.15 bits per heavy atom. The summed E-state index contributed by atoms with van der Waals surface area (Å²) in [5, 5.41) is 0. The highest BCUT2D eigenvalue weighted by molar-refractivity contribution is 6.26.